The summed E-state index contributed by atoms with van der Waals surface area (Å²) < 4.78 is 25.1. The zero-order valence-corrected chi connectivity index (χ0v) is 7.22. The number of nitrogens with two attached hydrogens (primary N) is 1. The van der Waals surface area contributed by atoms with Crippen molar-refractivity contribution in [2.45, 2.75) is 13.0 Å². The Kier molecular flexibility index (Phi) is 2.83. The molecule has 0 bridgehead atoms. The Labute approximate surface area is 75.0 Å². The van der Waals surface area contributed by atoms with Gasteiger partial charge in [0.2, 0.25) is 0 Å². The van der Waals surface area contributed by atoms with Crippen molar-refractivity contribution in [1.29, 1.82) is 0 Å². The van der Waals surface area contributed by atoms with Crippen LogP contribution in [-0.2, 0) is 0 Å². The van der Waals surface area contributed by atoms with Crippen molar-refractivity contribution in [3.8, 4) is 5.75 Å². The average Bonchev–Trinajstić information content (AvgIpc) is 2.10. The van der Waals surface area contributed by atoms with E-state index in [4.69, 9.17) is 5.73 Å². The highest BCUT2D eigenvalue weighted by Gasteiger charge is 2.14. The third-order valence-electron chi connectivity index (χ3n) is 1.80. The third-order valence-corrected chi connectivity index (χ3v) is 1.80. The number of phenols is 1. The van der Waals surface area contributed by atoms with Crippen LogP contribution in [0.3, 0.4) is 0 Å². The first-order valence-corrected chi connectivity index (χ1v) is 3.86. The summed E-state index contributed by atoms with van der Waals surface area (Å²) in [6.07, 6.45) is 0. The third kappa shape index (κ3) is 1.95. The van der Waals surface area contributed by atoms with Gasteiger partial charge in [0.1, 0.15) is 6.67 Å². The summed E-state index contributed by atoms with van der Waals surface area (Å²) in [5, 5.41) is 9.20. The summed E-state index contributed by atoms with van der Waals surface area (Å²) in [5.74, 6) is -1.32. The van der Waals surface area contributed by atoms with E-state index in [1.165, 1.54) is 12.1 Å². The Morgan fingerprint density at radius 2 is 2.15 bits per heavy atom. The Balaban J connectivity index is 3.20. The topological polar surface area (TPSA) is 46.2 Å². The number of hydrogen-bond donors (Lipinski definition) is 2. The molecule has 0 spiro atoms. The zero-order chi connectivity index (χ0) is 10.0. The van der Waals surface area contributed by atoms with Crippen molar-refractivity contribution in [1.82, 2.24) is 0 Å². The molecule has 0 radical (unpaired) electrons. The summed E-state index contributed by atoms with van der Waals surface area (Å²) in [6.45, 7) is 0.827. The summed E-state index contributed by atoms with van der Waals surface area (Å²) in [4.78, 5) is 0. The predicted octanol–water partition coefficient (Wildman–Crippen LogP) is 1.81. The van der Waals surface area contributed by atoms with Gasteiger partial charge >= 0.3 is 0 Å². The van der Waals surface area contributed by atoms with E-state index >= 15 is 0 Å². The van der Waals surface area contributed by atoms with Crippen LogP contribution >= 0.6 is 0 Å². The largest absolute Gasteiger partial charge is 0.505 e. The normalized spacial score (nSPS) is 12.9. The number of benzene rings is 1. The van der Waals surface area contributed by atoms with E-state index in [9.17, 15) is 13.9 Å². The molecule has 4 heteroatoms. The first kappa shape index (κ1) is 9.92. The van der Waals surface area contributed by atoms with E-state index in [2.05, 4.69) is 0 Å². The van der Waals surface area contributed by atoms with Gasteiger partial charge in [-0.1, -0.05) is 6.07 Å². The van der Waals surface area contributed by atoms with E-state index in [1.54, 1.807) is 6.92 Å². The van der Waals surface area contributed by atoms with Gasteiger partial charge in [0.25, 0.3) is 0 Å². The van der Waals surface area contributed by atoms with Gasteiger partial charge in [-0.15, -0.1) is 0 Å². The predicted molar refractivity (Wildman–Crippen MR) is 45.7 cm³/mol. The lowest BCUT2D eigenvalue weighted by atomic mass is 10.0. The van der Waals surface area contributed by atoms with E-state index < -0.39 is 24.3 Å². The highest BCUT2D eigenvalue weighted by Crippen LogP contribution is 2.27. The second kappa shape index (κ2) is 3.70. The summed E-state index contributed by atoms with van der Waals surface area (Å²) in [5.41, 5.74) is 6.05. The maximum Gasteiger partial charge on any atom is 0.165 e. The highest BCUT2D eigenvalue weighted by molar-refractivity contribution is 5.39. The summed E-state index contributed by atoms with van der Waals surface area (Å²) in [6, 6.07) is 1.68. The van der Waals surface area contributed by atoms with Gasteiger partial charge in [-0.05, 0) is 18.6 Å². The van der Waals surface area contributed by atoms with Gasteiger partial charge in [0.15, 0.2) is 11.6 Å². The van der Waals surface area contributed by atoms with Crippen molar-refractivity contribution < 1.29 is 13.9 Å². The van der Waals surface area contributed by atoms with Crippen LogP contribution in [0.15, 0.2) is 12.1 Å². The molecule has 0 saturated carbocycles. The molecule has 2 nitrogen and oxygen atoms in total. The molecular formula is C9H11F2NO. The van der Waals surface area contributed by atoms with E-state index in [0.29, 0.717) is 5.56 Å². The minimum absolute atomic E-state index is 0.111. The molecule has 3 N–H and O–H groups in total. The van der Waals surface area contributed by atoms with Crippen molar-refractivity contribution in [3.05, 3.63) is 29.1 Å². The standard InChI is InChI=1S/C9H11F2NO/c1-5-2-6(8(12)4-10)9(13)7(11)3-5/h2-3,8,13H,4,12H2,1H3/t8-/m1/s1. The monoisotopic (exact) mass is 187 g/mol. The lowest BCUT2D eigenvalue weighted by molar-refractivity contribution is 0.396. The maximum atomic E-state index is 12.9. The molecular weight excluding hydrogens is 176 g/mol. The molecule has 0 unspecified atom stereocenters. The Hall–Kier alpha value is -1.16. The molecule has 0 aliphatic rings. The molecule has 72 valence electrons. The molecule has 0 aliphatic heterocycles. The Bertz CT molecular complexity index is 315. The molecule has 1 atom stereocenters. The Morgan fingerprint density at radius 3 is 2.69 bits per heavy atom. The fourth-order valence-corrected chi connectivity index (χ4v) is 1.13. The minimum atomic E-state index is -0.964. The van der Waals surface area contributed by atoms with Gasteiger partial charge in [0.05, 0.1) is 6.04 Å². The first-order chi connectivity index (χ1) is 6.06. The number of aryl methyl sites for hydroxylation is 1. The fourth-order valence-electron chi connectivity index (χ4n) is 1.13. The molecule has 1 aromatic rings. The number of rotatable bonds is 2. The van der Waals surface area contributed by atoms with Crippen LogP contribution < -0.4 is 5.73 Å². The van der Waals surface area contributed by atoms with Crippen molar-refractivity contribution in [2.75, 3.05) is 6.67 Å². The van der Waals surface area contributed by atoms with Crippen LogP contribution in [0, 0.1) is 12.7 Å². The van der Waals surface area contributed by atoms with E-state index in [1.807, 2.05) is 0 Å². The van der Waals surface area contributed by atoms with Crippen LogP contribution in [0.2, 0.25) is 0 Å². The molecule has 1 rings (SSSR count). The van der Waals surface area contributed by atoms with Crippen LogP contribution in [0.25, 0.3) is 0 Å². The van der Waals surface area contributed by atoms with Gasteiger partial charge in [-0.25, -0.2) is 8.78 Å². The van der Waals surface area contributed by atoms with E-state index in [0.717, 1.165) is 0 Å². The molecule has 13 heavy (non-hydrogen) atoms. The summed E-state index contributed by atoms with van der Waals surface area (Å²) >= 11 is 0. The second-order valence-corrected chi connectivity index (χ2v) is 2.95. The SMILES string of the molecule is Cc1cc(F)c(O)c([C@H](N)CF)c1. The van der Waals surface area contributed by atoms with Crippen LogP contribution in [-0.4, -0.2) is 11.8 Å². The van der Waals surface area contributed by atoms with Crippen molar-refractivity contribution >= 4 is 0 Å². The lowest BCUT2D eigenvalue weighted by Gasteiger charge is -2.11. The van der Waals surface area contributed by atoms with Crippen molar-refractivity contribution in [2.24, 2.45) is 5.73 Å². The zero-order valence-electron chi connectivity index (χ0n) is 7.22. The molecule has 0 fully saturated rings. The first-order valence-electron chi connectivity index (χ1n) is 3.86. The van der Waals surface area contributed by atoms with Gasteiger partial charge < -0.3 is 10.8 Å². The fraction of sp³-hybridized carbons (Fsp3) is 0.333. The number of hydrogen-bond acceptors (Lipinski definition) is 2. The minimum Gasteiger partial charge on any atom is -0.505 e. The highest BCUT2D eigenvalue weighted by atomic mass is 19.1. The maximum absolute atomic E-state index is 12.9. The smallest absolute Gasteiger partial charge is 0.165 e. The van der Waals surface area contributed by atoms with Gasteiger partial charge in [0, 0.05) is 5.56 Å². The molecule has 1 aromatic carbocycles. The van der Waals surface area contributed by atoms with Crippen LogP contribution in [0.5, 0.6) is 5.75 Å². The Morgan fingerprint density at radius 1 is 1.54 bits per heavy atom. The molecule has 0 aromatic heterocycles. The molecule has 0 aliphatic carbocycles. The number of phenolic OH excluding ortho intramolecular Hbond substituents is 1. The van der Waals surface area contributed by atoms with Crippen molar-refractivity contribution in [3.63, 3.8) is 0 Å². The molecule has 0 heterocycles. The molecule has 0 amide bonds. The number of alkyl halides is 1. The average molecular weight is 187 g/mol. The molecule has 0 saturated heterocycles. The van der Waals surface area contributed by atoms with Crippen LogP contribution in [0.4, 0.5) is 8.78 Å². The number of halogens is 2. The lowest BCUT2D eigenvalue weighted by Crippen LogP contribution is -2.13. The number of aromatic hydroxyl groups is 1. The van der Waals surface area contributed by atoms with Crippen LogP contribution in [0.1, 0.15) is 17.2 Å². The quantitative estimate of drug-likeness (QED) is 0.741. The van der Waals surface area contributed by atoms with Gasteiger partial charge in [-0.3, -0.25) is 0 Å². The van der Waals surface area contributed by atoms with E-state index in [-0.39, 0.29) is 5.56 Å². The summed E-state index contributed by atoms with van der Waals surface area (Å²) in [7, 11) is 0. The van der Waals surface area contributed by atoms with Gasteiger partial charge in [-0.2, -0.15) is 0 Å². The second-order valence-electron chi connectivity index (χ2n) is 2.95.